The molecule has 3 aromatic rings. The van der Waals surface area contributed by atoms with Crippen molar-refractivity contribution in [2.24, 2.45) is 0 Å². The Labute approximate surface area is 188 Å². The molecule has 11 heteroatoms. The number of tetrazole rings is 1. The van der Waals surface area contributed by atoms with Gasteiger partial charge in [-0.25, -0.2) is 4.79 Å². The smallest absolute Gasteiger partial charge is 0.408 e. The summed E-state index contributed by atoms with van der Waals surface area (Å²) in [7, 11) is 0. The number of rotatable bonds is 10. The molecule has 0 aliphatic rings. The van der Waals surface area contributed by atoms with Crippen molar-refractivity contribution >= 4 is 29.6 Å². The molecule has 1 unspecified atom stereocenters. The molecule has 1 heterocycles. The van der Waals surface area contributed by atoms with Gasteiger partial charge in [-0.3, -0.25) is 9.59 Å². The summed E-state index contributed by atoms with van der Waals surface area (Å²) in [5.74, 6) is -1.83. The van der Waals surface area contributed by atoms with E-state index in [1.54, 1.807) is 24.3 Å². The second-order valence-electron chi connectivity index (χ2n) is 6.84. The first-order valence-corrected chi connectivity index (χ1v) is 10.4. The summed E-state index contributed by atoms with van der Waals surface area (Å²) < 4.78 is 5.07. The Morgan fingerprint density at radius 3 is 2.53 bits per heavy atom. The van der Waals surface area contributed by atoms with Gasteiger partial charge in [0, 0.05) is 4.90 Å². The number of nitrogens with one attached hydrogen (secondary N) is 1. The van der Waals surface area contributed by atoms with Crippen LogP contribution < -0.4 is 5.32 Å². The van der Waals surface area contributed by atoms with Crippen LogP contribution in [0.15, 0.2) is 64.6 Å². The molecule has 166 valence electrons. The Kier molecular flexibility index (Phi) is 7.92. The fourth-order valence-electron chi connectivity index (χ4n) is 2.62. The average Bonchev–Trinajstić information content (AvgIpc) is 3.20. The van der Waals surface area contributed by atoms with E-state index in [2.05, 4.69) is 20.7 Å². The molecule has 0 spiro atoms. The minimum Gasteiger partial charge on any atom is -0.481 e. The maximum atomic E-state index is 12.6. The van der Waals surface area contributed by atoms with Gasteiger partial charge in [0.05, 0.1) is 6.42 Å². The number of Topliss-reactive ketones (excluding diaryl/α,β-unsaturated/α-hetero) is 1. The number of carbonyl (C=O) groups excluding carboxylic acids is 2. The molecule has 10 nitrogen and oxygen atoms in total. The van der Waals surface area contributed by atoms with Gasteiger partial charge >= 0.3 is 12.1 Å². The number of benzene rings is 2. The number of carbonyl (C=O) groups is 3. The number of alkyl carbamates (subject to hydrolysis) is 1. The van der Waals surface area contributed by atoms with E-state index >= 15 is 0 Å². The SMILES string of the molecule is Cc1ccc(Sc2nnn(CC(=O)C(CC(=O)O)NC(=O)OCc3ccccc3)n2)cc1. The van der Waals surface area contributed by atoms with Crippen LogP contribution >= 0.6 is 11.8 Å². The first kappa shape index (κ1) is 22.9. The van der Waals surface area contributed by atoms with E-state index < -0.39 is 30.3 Å². The highest BCUT2D eigenvalue weighted by molar-refractivity contribution is 7.99. The lowest BCUT2D eigenvalue weighted by molar-refractivity contribution is -0.139. The Hall–Kier alpha value is -3.73. The molecule has 0 radical (unpaired) electrons. The van der Waals surface area contributed by atoms with E-state index in [0.717, 1.165) is 20.8 Å². The normalized spacial score (nSPS) is 11.5. The average molecular weight is 455 g/mol. The number of hydrogen-bond acceptors (Lipinski definition) is 8. The highest BCUT2D eigenvalue weighted by Crippen LogP contribution is 2.23. The van der Waals surface area contributed by atoms with Gasteiger partial charge in [-0.1, -0.05) is 48.0 Å². The molecule has 0 aliphatic heterocycles. The van der Waals surface area contributed by atoms with Crippen molar-refractivity contribution in [2.45, 2.75) is 42.6 Å². The number of aryl methyl sites for hydroxylation is 1. The quantitative estimate of drug-likeness (QED) is 0.472. The number of hydrogen-bond donors (Lipinski definition) is 2. The fourth-order valence-corrected chi connectivity index (χ4v) is 3.32. The van der Waals surface area contributed by atoms with Crippen molar-refractivity contribution in [3.63, 3.8) is 0 Å². The largest absolute Gasteiger partial charge is 0.481 e. The van der Waals surface area contributed by atoms with Gasteiger partial charge in [0.1, 0.15) is 19.2 Å². The summed E-state index contributed by atoms with van der Waals surface area (Å²) in [6.07, 6.45) is -1.49. The van der Waals surface area contributed by atoms with Gasteiger partial charge in [0.25, 0.3) is 0 Å². The zero-order chi connectivity index (χ0) is 22.9. The molecule has 1 amide bonds. The number of aromatic nitrogens is 4. The Bertz CT molecular complexity index is 1070. The van der Waals surface area contributed by atoms with E-state index in [0.29, 0.717) is 5.16 Å². The Morgan fingerprint density at radius 1 is 1.12 bits per heavy atom. The van der Waals surface area contributed by atoms with Gasteiger partial charge < -0.3 is 15.2 Å². The highest BCUT2D eigenvalue weighted by atomic mass is 32.2. The number of nitrogens with zero attached hydrogens (tertiary/aromatic N) is 4. The first-order chi connectivity index (χ1) is 15.4. The van der Waals surface area contributed by atoms with Crippen molar-refractivity contribution in [3.05, 3.63) is 65.7 Å². The summed E-state index contributed by atoms with van der Waals surface area (Å²) in [5, 5.41) is 23.6. The van der Waals surface area contributed by atoms with Crippen LogP contribution in [-0.4, -0.2) is 49.2 Å². The molecule has 0 saturated carbocycles. The lowest BCUT2D eigenvalue weighted by atomic mass is 10.1. The minimum atomic E-state index is -1.30. The molecular formula is C21H21N5O5S. The summed E-state index contributed by atoms with van der Waals surface area (Å²) in [4.78, 5) is 37.8. The predicted octanol–water partition coefficient (Wildman–Crippen LogP) is 2.47. The van der Waals surface area contributed by atoms with Crippen LogP contribution in [0.4, 0.5) is 4.79 Å². The second-order valence-corrected chi connectivity index (χ2v) is 7.88. The molecule has 2 N–H and O–H groups in total. The van der Waals surface area contributed by atoms with Crippen LogP contribution in [0.2, 0.25) is 0 Å². The van der Waals surface area contributed by atoms with Crippen LogP contribution in [-0.2, 0) is 27.5 Å². The maximum Gasteiger partial charge on any atom is 0.408 e. The second kappa shape index (κ2) is 11.0. The highest BCUT2D eigenvalue weighted by Gasteiger charge is 2.25. The van der Waals surface area contributed by atoms with Gasteiger partial charge in [-0.2, -0.15) is 4.80 Å². The summed E-state index contributed by atoms with van der Waals surface area (Å²) in [5.41, 5.74) is 1.88. The third kappa shape index (κ3) is 7.20. The third-order valence-electron chi connectivity index (χ3n) is 4.23. The van der Waals surface area contributed by atoms with Crippen molar-refractivity contribution in [2.75, 3.05) is 0 Å². The van der Waals surface area contributed by atoms with E-state index in [-0.39, 0.29) is 13.2 Å². The van der Waals surface area contributed by atoms with Crippen molar-refractivity contribution in [1.82, 2.24) is 25.5 Å². The van der Waals surface area contributed by atoms with E-state index in [9.17, 15) is 14.4 Å². The number of aliphatic carboxylic acids is 1. The number of ketones is 1. The third-order valence-corrected chi connectivity index (χ3v) is 5.09. The van der Waals surface area contributed by atoms with Crippen LogP contribution in [0.5, 0.6) is 0 Å². The van der Waals surface area contributed by atoms with Gasteiger partial charge in [0.2, 0.25) is 5.16 Å². The lowest BCUT2D eigenvalue weighted by Crippen LogP contribution is -2.44. The van der Waals surface area contributed by atoms with Crippen LogP contribution in [0, 0.1) is 6.92 Å². The minimum absolute atomic E-state index is 0.00905. The molecule has 0 saturated heterocycles. The van der Waals surface area contributed by atoms with Gasteiger partial charge in [-0.15, -0.1) is 10.2 Å². The van der Waals surface area contributed by atoms with E-state index in [4.69, 9.17) is 9.84 Å². The van der Waals surface area contributed by atoms with Gasteiger partial charge in [-0.05, 0) is 41.6 Å². The predicted molar refractivity (Wildman–Crippen MR) is 114 cm³/mol. The number of ether oxygens (including phenoxy) is 1. The van der Waals surface area contributed by atoms with Crippen molar-refractivity contribution in [3.8, 4) is 0 Å². The standard InChI is InChI=1S/C21H21N5O5S/c1-14-7-9-16(10-8-14)32-20-23-25-26(24-20)12-18(27)17(11-19(28)29)22-21(30)31-13-15-5-3-2-4-6-15/h2-10,17H,11-13H2,1H3,(H,22,30)(H,28,29). The molecule has 0 bridgehead atoms. The van der Waals surface area contributed by atoms with Crippen LogP contribution in [0.3, 0.4) is 0 Å². The molecule has 32 heavy (non-hydrogen) atoms. The van der Waals surface area contributed by atoms with Crippen LogP contribution in [0.1, 0.15) is 17.5 Å². The van der Waals surface area contributed by atoms with E-state index in [1.165, 1.54) is 11.8 Å². The number of amides is 1. The zero-order valence-electron chi connectivity index (χ0n) is 17.2. The van der Waals surface area contributed by atoms with Crippen LogP contribution in [0.25, 0.3) is 0 Å². The molecule has 3 rings (SSSR count). The zero-order valence-corrected chi connectivity index (χ0v) is 18.0. The summed E-state index contributed by atoms with van der Waals surface area (Å²) in [6.45, 7) is 1.62. The number of carboxylic acid groups (broad SMARTS) is 1. The Balaban J connectivity index is 1.57. The lowest BCUT2D eigenvalue weighted by Gasteiger charge is -2.15. The molecule has 0 fully saturated rings. The molecule has 0 aliphatic carbocycles. The van der Waals surface area contributed by atoms with E-state index in [1.807, 2.05) is 37.3 Å². The molecule has 1 atom stereocenters. The maximum absolute atomic E-state index is 12.6. The van der Waals surface area contributed by atoms with Crippen molar-refractivity contribution < 1.29 is 24.2 Å². The molecular weight excluding hydrogens is 434 g/mol. The number of carboxylic acids is 1. The summed E-state index contributed by atoms with van der Waals surface area (Å²) >= 11 is 1.28. The first-order valence-electron chi connectivity index (χ1n) is 9.63. The molecule has 2 aromatic carbocycles. The van der Waals surface area contributed by atoms with Crippen molar-refractivity contribution in [1.29, 1.82) is 0 Å². The Morgan fingerprint density at radius 2 is 1.84 bits per heavy atom. The molecule has 1 aromatic heterocycles. The fraction of sp³-hybridized carbons (Fsp3) is 0.238. The van der Waals surface area contributed by atoms with Gasteiger partial charge in [0.15, 0.2) is 5.78 Å². The topological polar surface area (TPSA) is 136 Å². The monoisotopic (exact) mass is 455 g/mol. The summed E-state index contributed by atoms with van der Waals surface area (Å²) in [6, 6.07) is 15.4.